The van der Waals surface area contributed by atoms with Crippen LogP contribution in [0.3, 0.4) is 0 Å². The molecule has 9 nitrogen and oxygen atoms in total. The number of halogens is 4. The first-order valence-electron chi connectivity index (χ1n) is 11.0. The molecule has 3 aromatic carbocycles. The molecule has 1 aromatic heterocycles. The van der Waals surface area contributed by atoms with Gasteiger partial charge in [0, 0.05) is 12.3 Å². The third-order valence-corrected chi connectivity index (χ3v) is 8.35. The molecule has 0 aliphatic heterocycles. The van der Waals surface area contributed by atoms with Crippen molar-refractivity contribution in [2.45, 2.75) is 11.8 Å². The summed E-state index contributed by atoms with van der Waals surface area (Å²) in [4.78, 5) is 25.3. The van der Waals surface area contributed by atoms with Crippen LogP contribution in [0.4, 0.5) is 11.4 Å². The first kappa shape index (κ1) is 28.7. The smallest absolute Gasteiger partial charge is 0.260 e. The maximum absolute atomic E-state index is 12.9. The zero-order valence-corrected chi connectivity index (χ0v) is 23.7. The van der Waals surface area contributed by atoms with Gasteiger partial charge < -0.3 is 15.7 Å². The van der Waals surface area contributed by atoms with Gasteiger partial charge in [0.25, 0.3) is 5.91 Å². The molecular weight excluding hydrogens is 610 g/mol. The van der Waals surface area contributed by atoms with Crippen molar-refractivity contribution in [2.24, 2.45) is 0 Å². The molecule has 4 aromatic rings. The second-order valence-corrected chi connectivity index (χ2v) is 11.9. The molecule has 0 radical (unpaired) electrons. The highest BCUT2D eigenvalue weighted by atomic mass is 35.5. The number of nitrogens with zero attached hydrogens (tertiary/aromatic N) is 2. The average Bonchev–Trinajstić information content (AvgIpc) is 3.25. The summed E-state index contributed by atoms with van der Waals surface area (Å²) >= 11 is 24.4. The molecule has 0 aliphatic rings. The topological polar surface area (TPSA) is 130 Å². The number of carbonyl (C=O) groups is 2. The predicted molar refractivity (Wildman–Crippen MR) is 152 cm³/mol. The largest absolute Gasteiger partial charge is 0.506 e. The molecule has 0 atom stereocenters. The van der Waals surface area contributed by atoms with E-state index in [9.17, 15) is 23.1 Å². The average molecular weight is 628 g/mol. The third-order valence-electron chi connectivity index (χ3n) is 5.39. The van der Waals surface area contributed by atoms with Gasteiger partial charge in [-0.25, -0.2) is 13.1 Å². The van der Waals surface area contributed by atoms with E-state index in [1.54, 1.807) is 30.3 Å². The molecule has 4 rings (SSSR count). The first-order chi connectivity index (χ1) is 18.3. The normalized spacial score (nSPS) is 11.3. The van der Waals surface area contributed by atoms with Gasteiger partial charge in [-0.05, 0) is 43.3 Å². The van der Waals surface area contributed by atoms with Crippen molar-refractivity contribution in [1.82, 2.24) is 9.78 Å². The molecule has 0 spiro atoms. The Labute approximate surface area is 243 Å². The minimum absolute atomic E-state index is 0.00334. The minimum atomic E-state index is -3.91. The van der Waals surface area contributed by atoms with Gasteiger partial charge in [0.05, 0.1) is 42.6 Å². The number of amides is 2. The molecule has 1 heterocycles. The van der Waals surface area contributed by atoms with E-state index in [1.807, 2.05) is 6.92 Å². The summed E-state index contributed by atoms with van der Waals surface area (Å²) in [7, 11) is -3.91. The van der Waals surface area contributed by atoms with Gasteiger partial charge in [-0.1, -0.05) is 64.1 Å². The number of phenolic OH excluding ortho intramolecular Hbond substituents is 1. The Bertz CT molecular complexity index is 1710. The van der Waals surface area contributed by atoms with Gasteiger partial charge in [-0.3, -0.25) is 9.59 Å². The summed E-state index contributed by atoms with van der Waals surface area (Å²) in [6, 6.07) is 13.1. The highest BCUT2D eigenvalue weighted by Crippen LogP contribution is 2.34. The Morgan fingerprint density at radius 1 is 0.897 bits per heavy atom. The Hall–Kier alpha value is -3.28. The third kappa shape index (κ3) is 6.66. The van der Waals surface area contributed by atoms with Gasteiger partial charge in [0.15, 0.2) is 15.0 Å². The van der Waals surface area contributed by atoms with Gasteiger partial charge >= 0.3 is 0 Å². The van der Waals surface area contributed by atoms with Crippen LogP contribution in [0.15, 0.2) is 65.7 Å². The molecule has 2 amide bonds. The minimum Gasteiger partial charge on any atom is -0.506 e. The highest BCUT2D eigenvalue weighted by Gasteiger charge is 2.22. The monoisotopic (exact) mass is 626 g/mol. The van der Waals surface area contributed by atoms with Crippen LogP contribution in [0.1, 0.15) is 15.9 Å². The summed E-state index contributed by atoms with van der Waals surface area (Å²) in [5.41, 5.74) is 1.21. The molecule has 0 unspecified atom stereocenters. The van der Waals surface area contributed by atoms with Crippen LogP contribution in [0, 0.1) is 6.92 Å². The molecule has 3 N–H and O–H groups in total. The number of aromatic nitrogens is 2. The molecule has 39 heavy (non-hydrogen) atoms. The summed E-state index contributed by atoms with van der Waals surface area (Å²) < 4.78 is 26.4. The molecule has 0 saturated heterocycles. The second-order valence-electron chi connectivity index (χ2n) is 8.30. The van der Waals surface area contributed by atoms with Crippen LogP contribution >= 0.6 is 46.4 Å². The molecule has 202 valence electrons. The Morgan fingerprint density at radius 3 is 2.26 bits per heavy atom. The van der Waals surface area contributed by atoms with E-state index >= 15 is 0 Å². The van der Waals surface area contributed by atoms with E-state index in [-0.39, 0.29) is 37.0 Å². The number of nitrogens with one attached hydrogen (secondary N) is 2. The zero-order valence-electron chi connectivity index (χ0n) is 19.9. The maximum Gasteiger partial charge on any atom is 0.260 e. The molecule has 0 aliphatic carbocycles. The number of benzene rings is 3. The van der Waals surface area contributed by atoms with E-state index in [2.05, 4.69) is 15.7 Å². The maximum atomic E-state index is 12.9. The Kier molecular flexibility index (Phi) is 8.43. The SMILES string of the molecule is Cc1ccc(S(=O)(=O)CC(=O)Nc2cc(O)c(NC(=O)c3cn(-c4ccc(Cl)c(Cl)c4)nc3Cl)cc2Cl)cc1. The lowest BCUT2D eigenvalue weighted by molar-refractivity contribution is -0.113. The highest BCUT2D eigenvalue weighted by molar-refractivity contribution is 7.92. The van der Waals surface area contributed by atoms with E-state index < -0.39 is 33.2 Å². The van der Waals surface area contributed by atoms with Crippen molar-refractivity contribution in [3.8, 4) is 11.4 Å². The Balaban J connectivity index is 1.48. The van der Waals surface area contributed by atoms with Crippen molar-refractivity contribution in [1.29, 1.82) is 0 Å². The van der Waals surface area contributed by atoms with E-state index in [1.165, 1.54) is 29.1 Å². The number of hydrogen-bond acceptors (Lipinski definition) is 6. The van der Waals surface area contributed by atoms with Crippen LogP contribution in [0.25, 0.3) is 5.69 Å². The molecule has 0 fully saturated rings. The van der Waals surface area contributed by atoms with Gasteiger partial charge in [-0.2, -0.15) is 5.10 Å². The number of sulfone groups is 1. The molecule has 0 bridgehead atoms. The quantitative estimate of drug-likeness (QED) is 0.210. The molecular formula is C25H18Cl4N4O5S. The molecule has 0 saturated carbocycles. The van der Waals surface area contributed by atoms with Crippen LogP contribution in [0.5, 0.6) is 5.75 Å². The molecule has 14 heteroatoms. The van der Waals surface area contributed by atoms with Gasteiger partial charge in [-0.15, -0.1) is 0 Å². The summed E-state index contributed by atoms with van der Waals surface area (Å²) in [5, 5.41) is 19.8. The standard InChI is InChI=1S/C25H18Cl4N4O5S/c1-13-2-5-15(6-3-13)39(37,38)12-23(35)30-20-10-22(34)21(9-19(20)28)31-25(36)16-11-33(32-24(16)29)14-4-7-17(26)18(27)8-14/h2-11,34H,12H2,1H3,(H,30,35)(H,31,36). The fourth-order valence-corrected chi connectivity index (χ4v) is 5.25. The van der Waals surface area contributed by atoms with Crippen LogP contribution in [-0.2, 0) is 14.6 Å². The van der Waals surface area contributed by atoms with Crippen molar-refractivity contribution in [3.63, 3.8) is 0 Å². The lowest BCUT2D eigenvalue weighted by Crippen LogP contribution is -2.23. The van der Waals surface area contributed by atoms with Crippen molar-refractivity contribution in [3.05, 3.63) is 92.1 Å². The van der Waals surface area contributed by atoms with E-state index in [0.29, 0.717) is 10.7 Å². The number of carbonyl (C=O) groups excluding carboxylic acids is 2. The number of aromatic hydroxyl groups is 1. The number of rotatable bonds is 7. The summed E-state index contributed by atoms with van der Waals surface area (Å²) in [5.74, 6) is -2.86. The summed E-state index contributed by atoms with van der Waals surface area (Å²) in [6.07, 6.45) is 1.36. The van der Waals surface area contributed by atoms with Gasteiger partial charge in [0.1, 0.15) is 11.5 Å². The number of hydrogen-bond donors (Lipinski definition) is 3. The lowest BCUT2D eigenvalue weighted by Gasteiger charge is -2.12. The van der Waals surface area contributed by atoms with E-state index in [4.69, 9.17) is 46.4 Å². The van der Waals surface area contributed by atoms with Crippen LogP contribution in [-0.4, -0.2) is 40.9 Å². The fraction of sp³-hybridized carbons (Fsp3) is 0.0800. The summed E-state index contributed by atoms with van der Waals surface area (Å²) in [6.45, 7) is 1.81. The number of aryl methyl sites for hydroxylation is 1. The van der Waals surface area contributed by atoms with Gasteiger partial charge in [0.2, 0.25) is 5.91 Å². The fourth-order valence-electron chi connectivity index (χ4n) is 3.40. The number of phenols is 1. The zero-order chi connectivity index (χ0) is 28.5. The first-order valence-corrected chi connectivity index (χ1v) is 14.1. The predicted octanol–water partition coefficient (Wildman–Crippen LogP) is 6.16. The van der Waals surface area contributed by atoms with Crippen molar-refractivity contribution >= 4 is 79.4 Å². The number of anilines is 2. The lowest BCUT2D eigenvalue weighted by atomic mass is 10.2. The van der Waals surface area contributed by atoms with Crippen molar-refractivity contribution < 1.29 is 23.1 Å². The van der Waals surface area contributed by atoms with Crippen LogP contribution < -0.4 is 10.6 Å². The Morgan fingerprint density at radius 2 is 1.59 bits per heavy atom. The van der Waals surface area contributed by atoms with Crippen LogP contribution in [0.2, 0.25) is 20.2 Å². The van der Waals surface area contributed by atoms with E-state index in [0.717, 1.165) is 11.6 Å². The second kappa shape index (κ2) is 11.4. The van der Waals surface area contributed by atoms with Crippen molar-refractivity contribution in [2.75, 3.05) is 16.4 Å².